The average Bonchev–Trinajstić information content (AvgIpc) is 2.33. The first-order valence-corrected chi connectivity index (χ1v) is 6.29. The van der Waals surface area contributed by atoms with Crippen LogP contribution in [0.25, 0.3) is 0 Å². The molecule has 0 heterocycles. The van der Waals surface area contributed by atoms with Crippen LogP contribution in [0.3, 0.4) is 0 Å². The summed E-state index contributed by atoms with van der Waals surface area (Å²) in [7, 11) is 0. The third kappa shape index (κ3) is 3.02. The van der Waals surface area contributed by atoms with Gasteiger partial charge in [0.05, 0.1) is 0 Å². The zero-order valence-corrected chi connectivity index (χ0v) is 10.2. The van der Waals surface area contributed by atoms with E-state index in [1.165, 1.54) is 0 Å². The molecule has 1 atom stereocenters. The summed E-state index contributed by atoms with van der Waals surface area (Å²) in [6, 6.07) is 7.59. The van der Waals surface area contributed by atoms with Gasteiger partial charge in [-0.15, -0.1) is 0 Å². The van der Waals surface area contributed by atoms with Gasteiger partial charge in [0.1, 0.15) is 5.78 Å². The monoisotopic (exact) mass is 230 g/mol. The average molecular weight is 230 g/mol. The number of ketones is 2. The summed E-state index contributed by atoms with van der Waals surface area (Å²) in [6.45, 7) is 2.00. The lowest BCUT2D eigenvalue weighted by molar-refractivity contribution is -0.124. The van der Waals surface area contributed by atoms with Crippen LogP contribution in [0.4, 0.5) is 0 Å². The Hall–Kier alpha value is -1.44. The molecule has 1 fully saturated rings. The lowest BCUT2D eigenvalue weighted by atomic mass is 9.83. The number of aryl methyl sites for hydroxylation is 1. The molecule has 0 spiro atoms. The van der Waals surface area contributed by atoms with Crippen LogP contribution in [-0.2, 0) is 4.79 Å². The Morgan fingerprint density at radius 1 is 1.24 bits per heavy atom. The molecule has 0 saturated heterocycles. The highest BCUT2D eigenvalue weighted by atomic mass is 16.1. The van der Waals surface area contributed by atoms with Crippen LogP contribution in [0.15, 0.2) is 24.3 Å². The van der Waals surface area contributed by atoms with Gasteiger partial charge in [-0.1, -0.05) is 36.2 Å². The van der Waals surface area contributed by atoms with Crippen LogP contribution in [0.1, 0.15) is 48.0 Å². The number of carbonyl (C=O) groups is 2. The minimum absolute atomic E-state index is 0.0300. The maximum atomic E-state index is 12.0. The highest BCUT2D eigenvalue weighted by Crippen LogP contribution is 2.24. The van der Waals surface area contributed by atoms with Gasteiger partial charge in [-0.05, 0) is 19.8 Å². The highest BCUT2D eigenvalue weighted by Gasteiger charge is 2.24. The van der Waals surface area contributed by atoms with Crippen LogP contribution in [0, 0.1) is 12.8 Å². The summed E-state index contributed by atoms with van der Waals surface area (Å²) in [5.41, 5.74) is 1.88. The van der Waals surface area contributed by atoms with E-state index in [1.54, 1.807) is 0 Å². The number of hydrogen-bond acceptors (Lipinski definition) is 2. The molecule has 1 aliphatic rings. The predicted molar refractivity (Wildman–Crippen MR) is 67.1 cm³/mol. The van der Waals surface area contributed by atoms with Gasteiger partial charge in [-0.25, -0.2) is 0 Å². The third-order valence-electron chi connectivity index (χ3n) is 3.49. The Balaban J connectivity index is 2.01. The summed E-state index contributed by atoms with van der Waals surface area (Å²) in [5.74, 6) is 0.347. The van der Waals surface area contributed by atoms with E-state index in [1.807, 2.05) is 31.2 Å². The van der Waals surface area contributed by atoms with Crippen molar-refractivity contribution in [3.63, 3.8) is 0 Å². The molecule has 0 aromatic heterocycles. The molecule has 0 radical (unpaired) electrons. The van der Waals surface area contributed by atoms with Crippen molar-refractivity contribution in [1.82, 2.24) is 0 Å². The molecule has 0 unspecified atom stereocenters. The van der Waals surface area contributed by atoms with Crippen LogP contribution in [0.5, 0.6) is 0 Å². The van der Waals surface area contributed by atoms with Gasteiger partial charge >= 0.3 is 0 Å². The summed E-state index contributed by atoms with van der Waals surface area (Å²) >= 11 is 0. The van der Waals surface area contributed by atoms with Crippen molar-refractivity contribution in [3.8, 4) is 0 Å². The second-order valence-corrected chi connectivity index (χ2v) is 4.90. The number of Topliss-reactive ketones (excluding diaryl/α,β-unsaturated/α-hetero) is 2. The van der Waals surface area contributed by atoms with E-state index in [4.69, 9.17) is 0 Å². The molecule has 1 aromatic rings. The molecule has 17 heavy (non-hydrogen) atoms. The summed E-state index contributed by atoms with van der Waals surface area (Å²) < 4.78 is 0. The number of rotatable bonds is 3. The van der Waals surface area contributed by atoms with Crippen molar-refractivity contribution >= 4 is 11.6 Å². The second kappa shape index (κ2) is 5.26. The fraction of sp³-hybridized carbons (Fsp3) is 0.467. The Kier molecular flexibility index (Phi) is 3.72. The molecule has 2 heteroatoms. The van der Waals surface area contributed by atoms with Gasteiger partial charge in [-0.3, -0.25) is 9.59 Å². The summed E-state index contributed by atoms with van der Waals surface area (Å²) in [6.07, 6.45) is 4.01. The topological polar surface area (TPSA) is 34.1 Å². The molecule has 90 valence electrons. The van der Waals surface area contributed by atoms with Crippen LogP contribution >= 0.6 is 0 Å². The zero-order valence-electron chi connectivity index (χ0n) is 10.2. The molecule has 2 rings (SSSR count). The molecule has 1 aromatic carbocycles. The van der Waals surface area contributed by atoms with Crippen LogP contribution in [-0.4, -0.2) is 11.6 Å². The van der Waals surface area contributed by atoms with E-state index >= 15 is 0 Å². The lowest BCUT2D eigenvalue weighted by Crippen LogP contribution is -2.22. The van der Waals surface area contributed by atoms with Crippen LogP contribution < -0.4 is 0 Å². The maximum absolute atomic E-state index is 12.0. The second-order valence-electron chi connectivity index (χ2n) is 4.90. The SMILES string of the molecule is Cc1ccc(C(=O)C[C@@H]2CCCCC2=O)cc1. The molecule has 1 saturated carbocycles. The van der Waals surface area contributed by atoms with Gasteiger partial charge in [0.15, 0.2) is 5.78 Å². The van der Waals surface area contributed by atoms with Crippen molar-refractivity contribution in [1.29, 1.82) is 0 Å². The fourth-order valence-electron chi connectivity index (χ4n) is 2.35. The largest absolute Gasteiger partial charge is 0.299 e. The first kappa shape index (κ1) is 12.0. The molecule has 2 nitrogen and oxygen atoms in total. The van der Waals surface area contributed by atoms with E-state index in [9.17, 15) is 9.59 Å². The van der Waals surface area contributed by atoms with Gasteiger partial charge in [0.2, 0.25) is 0 Å². The maximum Gasteiger partial charge on any atom is 0.163 e. The van der Waals surface area contributed by atoms with Crippen molar-refractivity contribution in [2.45, 2.75) is 39.0 Å². The molecule has 0 amide bonds. The quantitative estimate of drug-likeness (QED) is 0.746. The Morgan fingerprint density at radius 3 is 2.59 bits per heavy atom. The Bertz CT molecular complexity index is 417. The summed E-state index contributed by atoms with van der Waals surface area (Å²) in [4.78, 5) is 23.7. The predicted octanol–water partition coefficient (Wildman–Crippen LogP) is 3.33. The fourth-order valence-corrected chi connectivity index (χ4v) is 2.35. The standard InChI is InChI=1S/C15H18O2/c1-11-6-8-12(9-7-11)15(17)10-13-4-2-3-5-14(13)16/h6-9,13H,2-5,10H2,1H3/t13-/m0/s1. The molecule has 1 aliphatic carbocycles. The van der Waals surface area contributed by atoms with Gasteiger partial charge in [0, 0.05) is 24.3 Å². The van der Waals surface area contributed by atoms with Crippen LogP contribution in [0.2, 0.25) is 0 Å². The van der Waals surface area contributed by atoms with Crippen molar-refractivity contribution in [2.24, 2.45) is 5.92 Å². The van der Waals surface area contributed by atoms with Crippen molar-refractivity contribution < 1.29 is 9.59 Å². The number of hydrogen-bond donors (Lipinski definition) is 0. The lowest BCUT2D eigenvalue weighted by Gasteiger charge is -2.19. The van der Waals surface area contributed by atoms with E-state index in [-0.39, 0.29) is 17.5 Å². The van der Waals surface area contributed by atoms with Gasteiger partial charge < -0.3 is 0 Å². The van der Waals surface area contributed by atoms with Gasteiger partial charge in [-0.2, -0.15) is 0 Å². The molecule has 0 aliphatic heterocycles. The van der Waals surface area contributed by atoms with E-state index < -0.39 is 0 Å². The molecule has 0 bridgehead atoms. The van der Waals surface area contributed by atoms with E-state index in [2.05, 4.69) is 0 Å². The van der Waals surface area contributed by atoms with E-state index in [0.29, 0.717) is 12.8 Å². The van der Waals surface area contributed by atoms with E-state index in [0.717, 1.165) is 30.4 Å². The molecular weight excluding hydrogens is 212 g/mol. The Morgan fingerprint density at radius 2 is 1.94 bits per heavy atom. The molecule has 0 N–H and O–H groups in total. The first-order chi connectivity index (χ1) is 8.16. The minimum atomic E-state index is -0.0300. The smallest absolute Gasteiger partial charge is 0.163 e. The molecular formula is C15H18O2. The first-order valence-electron chi connectivity index (χ1n) is 6.29. The van der Waals surface area contributed by atoms with Gasteiger partial charge in [0.25, 0.3) is 0 Å². The van der Waals surface area contributed by atoms with Crippen molar-refractivity contribution in [3.05, 3.63) is 35.4 Å². The summed E-state index contributed by atoms with van der Waals surface area (Å²) in [5, 5.41) is 0. The Labute approximate surface area is 102 Å². The number of benzene rings is 1. The zero-order chi connectivity index (χ0) is 12.3. The minimum Gasteiger partial charge on any atom is -0.299 e. The normalized spacial score (nSPS) is 20.3. The number of carbonyl (C=O) groups excluding carboxylic acids is 2. The highest BCUT2D eigenvalue weighted by molar-refractivity contribution is 5.99. The third-order valence-corrected chi connectivity index (χ3v) is 3.49. The van der Waals surface area contributed by atoms with Crippen molar-refractivity contribution in [2.75, 3.05) is 0 Å².